The Balaban J connectivity index is 1.83. The molecule has 1 aliphatic rings. The zero-order valence-electron chi connectivity index (χ0n) is 16.0. The van der Waals surface area contributed by atoms with Crippen molar-refractivity contribution in [1.29, 1.82) is 0 Å². The molecule has 1 saturated heterocycles. The highest BCUT2D eigenvalue weighted by molar-refractivity contribution is 5.91. The van der Waals surface area contributed by atoms with Gasteiger partial charge >= 0.3 is 0 Å². The first kappa shape index (κ1) is 17.8. The van der Waals surface area contributed by atoms with Crippen molar-refractivity contribution in [3.8, 4) is 11.5 Å². The first-order valence-corrected chi connectivity index (χ1v) is 9.27. The van der Waals surface area contributed by atoms with Crippen molar-refractivity contribution in [3.05, 3.63) is 30.1 Å². The molecule has 27 heavy (non-hydrogen) atoms. The average molecular weight is 367 g/mol. The van der Waals surface area contributed by atoms with Gasteiger partial charge in [-0.05, 0) is 32.5 Å². The van der Waals surface area contributed by atoms with Crippen LogP contribution in [-0.2, 0) is 7.05 Å². The number of rotatable bonds is 4. The lowest BCUT2D eigenvalue weighted by Gasteiger charge is -2.40. The van der Waals surface area contributed by atoms with Gasteiger partial charge in [0.1, 0.15) is 11.5 Å². The smallest absolute Gasteiger partial charge is 0.182 e. The van der Waals surface area contributed by atoms with E-state index < -0.39 is 0 Å². The van der Waals surface area contributed by atoms with Gasteiger partial charge in [0.25, 0.3) is 0 Å². The summed E-state index contributed by atoms with van der Waals surface area (Å²) in [5.41, 5.74) is 2.49. The van der Waals surface area contributed by atoms with Crippen molar-refractivity contribution in [2.75, 3.05) is 38.2 Å². The van der Waals surface area contributed by atoms with Crippen molar-refractivity contribution in [2.24, 2.45) is 7.05 Å². The Hall–Kier alpha value is -2.58. The summed E-state index contributed by atoms with van der Waals surface area (Å²) in [6.07, 6.45) is 2.50. The van der Waals surface area contributed by atoms with E-state index in [1.165, 1.54) is 0 Å². The second-order valence-electron chi connectivity index (χ2n) is 7.09. The third kappa shape index (κ3) is 3.26. The second-order valence-corrected chi connectivity index (χ2v) is 7.09. The summed E-state index contributed by atoms with van der Waals surface area (Å²) >= 11 is 0. The lowest BCUT2D eigenvalue weighted by molar-refractivity contribution is 0.170. The molecular formula is C19H25N7O. The van der Waals surface area contributed by atoms with Crippen LogP contribution in [-0.4, -0.2) is 74.1 Å². The predicted molar refractivity (Wildman–Crippen MR) is 105 cm³/mol. The van der Waals surface area contributed by atoms with Gasteiger partial charge in [-0.25, -0.2) is 9.97 Å². The van der Waals surface area contributed by atoms with Crippen LogP contribution in [0.3, 0.4) is 0 Å². The normalized spacial score (nSPS) is 18.4. The largest absolute Gasteiger partial charge is 0.396 e. The van der Waals surface area contributed by atoms with E-state index in [9.17, 15) is 5.11 Å². The molecule has 1 N–H and O–H groups in total. The molecule has 0 unspecified atom stereocenters. The van der Waals surface area contributed by atoms with E-state index in [1.54, 1.807) is 6.20 Å². The van der Waals surface area contributed by atoms with E-state index in [2.05, 4.69) is 26.9 Å². The zero-order valence-corrected chi connectivity index (χ0v) is 16.0. The number of aromatic nitrogens is 5. The summed E-state index contributed by atoms with van der Waals surface area (Å²) in [5, 5.41) is 15.0. The number of pyridine rings is 1. The minimum absolute atomic E-state index is 0.188. The van der Waals surface area contributed by atoms with Crippen LogP contribution in [0, 0.1) is 6.92 Å². The topological polar surface area (TPSA) is 83.2 Å². The molecule has 1 atom stereocenters. The maximum absolute atomic E-state index is 9.41. The standard InChI is InChI=1S/C19H25N7O/c1-13-16-18(25(3)23-13)21-17(15-6-4-5-8-20-15)22-19(16)26-10-9-24(2)14(12-26)7-11-27/h4-6,8,14,27H,7,9-12H2,1-3H3/t14-/m0/s1. The number of fused-ring (bicyclic) bond motifs is 1. The molecule has 0 bridgehead atoms. The Morgan fingerprint density at radius 3 is 2.78 bits per heavy atom. The lowest BCUT2D eigenvalue weighted by atomic mass is 10.1. The molecular weight excluding hydrogens is 342 g/mol. The fourth-order valence-corrected chi connectivity index (χ4v) is 3.76. The van der Waals surface area contributed by atoms with Crippen LogP contribution < -0.4 is 4.90 Å². The first-order valence-electron chi connectivity index (χ1n) is 9.27. The minimum Gasteiger partial charge on any atom is -0.396 e. The van der Waals surface area contributed by atoms with Crippen LogP contribution in [0.1, 0.15) is 12.1 Å². The van der Waals surface area contributed by atoms with Crippen LogP contribution in [0.2, 0.25) is 0 Å². The summed E-state index contributed by atoms with van der Waals surface area (Å²) in [6.45, 7) is 4.80. The van der Waals surface area contributed by atoms with Crippen molar-refractivity contribution in [2.45, 2.75) is 19.4 Å². The third-order valence-electron chi connectivity index (χ3n) is 5.27. The number of piperazine rings is 1. The van der Waals surface area contributed by atoms with E-state index in [-0.39, 0.29) is 6.61 Å². The van der Waals surface area contributed by atoms with E-state index in [1.807, 2.05) is 36.9 Å². The fourth-order valence-electron chi connectivity index (χ4n) is 3.76. The van der Waals surface area contributed by atoms with E-state index in [4.69, 9.17) is 9.97 Å². The Kier molecular flexibility index (Phi) is 4.75. The highest BCUT2D eigenvalue weighted by Crippen LogP contribution is 2.30. The molecule has 3 aromatic heterocycles. The molecule has 8 heteroatoms. The van der Waals surface area contributed by atoms with E-state index in [0.717, 1.165) is 54.3 Å². The molecule has 0 spiro atoms. The lowest BCUT2D eigenvalue weighted by Crippen LogP contribution is -2.52. The predicted octanol–water partition coefficient (Wildman–Crippen LogP) is 1.24. The molecule has 0 amide bonds. The molecule has 1 aliphatic heterocycles. The van der Waals surface area contributed by atoms with Crippen LogP contribution in [0.4, 0.5) is 5.82 Å². The SMILES string of the molecule is Cc1nn(C)c2nc(-c3ccccn3)nc(N3CCN(C)[C@@H](CCO)C3)c12. The summed E-state index contributed by atoms with van der Waals surface area (Å²) in [6, 6.07) is 6.05. The Morgan fingerprint density at radius 2 is 2.04 bits per heavy atom. The van der Waals surface area contributed by atoms with Gasteiger partial charge in [-0.3, -0.25) is 14.6 Å². The maximum Gasteiger partial charge on any atom is 0.182 e. The summed E-state index contributed by atoms with van der Waals surface area (Å²) in [5.74, 6) is 1.51. The number of likely N-dealkylation sites (N-methyl/N-ethyl adjacent to an activating group) is 1. The molecule has 142 valence electrons. The maximum atomic E-state index is 9.41. The molecule has 0 radical (unpaired) electrons. The number of nitrogens with zero attached hydrogens (tertiary/aromatic N) is 7. The highest BCUT2D eigenvalue weighted by atomic mass is 16.3. The third-order valence-corrected chi connectivity index (χ3v) is 5.27. The van der Waals surface area contributed by atoms with Gasteiger partial charge in [0.2, 0.25) is 0 Å². The van der Waals surface area contributed by atoms with E-state index >= 15 is 0 Å². The molecule has 0 saturated carbocycles. The molecule has 0 aromatic carbocycles. The molecule has 4 rings (SSSR count). The fraction of sp³-hybridized carbons (Fsp3) is 0.474. The van der Waals surface area contributed by atoms with Crippen LogP contribution in [0.5, 0.6) is 0 Å². The van der Waals surface area contributed by atoms with Gasteiger partial charge in [-0.2, -0.15) is 5.10 Å². The van der Waals surface area contributed by atoms with Gasteiger partial charge in [0.05, 0.1) is 11.1 Å². The quantitative estimate of drug-likeness (QED) is 0.743. The highest BCUT2D eigenvalue weighted by Gasteiger charge is 2.28. The summed E-state index contributed by atoms with van der Waals surface area (Å²) in [4.78, 5) is 18.7. The van der Waals surface area contributed by atoms with Gasteiger partial charge in [0.15, 0.2) is 11.5 Å². The van der Waals surface area contributed by atoms with Crippen molar-refractivity contribution in [1.82, 2.24) is 29.6 Å². The number of aliphatic hydroxyl groups is 1. The summed E-state index contributed by atoms with van der Waals surface area (Å²) in [7, 11) is 4.02. The molecule has 1 fully saturated rings. The van der Waals surface area contributed by atoms with Gasteiger partial charge in [-0.15, -0.1) is 0 Å². The van der Waals surface area contributed by atoms with E-state index in [0.29, 0.717) is 11.9 Å². The molecule has 0 aliphatic carbocycles. The Labute approximate surface area is 158 Å². The minimum atomic E-state index is 0.188. The van der Waals surface area contributed by atoms with Gasteiger partial charge < -0.3 is 10.0 Å². The number of hydrogen-bond acceptors (Lipinski definition) is 7. The summed E-state index contributed by atoms with van der Waals surface area (Å²) < 4.78 is 1.81. The van der Waals surface area contributed by atoms with Crippen LogP contribution in [0.25, 0.3) is 22.6 Å². The van der Waals surface area contributed by atoms with Crippen LogP contribution in [0.15, 0.2) is 24.4 Å². The molecule has 8 nitrogen and oxygen atoms in total. The van der Waals surface area contributed by atoms with Gasteiger partial charge in [0, 0.05) is 45.5 Å². The Bertz CT molecular complexity index is 940. The Morgan fingerprint density at radius 1 is 1.19 bits per heavy atom. The number of aryl methyl sites for hydroxylation is 2. The van der Waals surface area contributed by atoms with Crippen molar-refractivity contribution >= 4 is 16.9 Å². The number of aliphatic hydroxyl groups excluding tert-OH is 1. The van der Waals surface area contributed by atoms with Crippen molar-refractivity contribution < 1.29 is 5.11 Å². The number of hydrogen-bond donors (Lipinski definition) is 1. The second kappa shape index (κ2) is 7.21. The molecule has 3 aromatic rings. The monoisotopic (exact) mass is 367 g/mol. The zero-order chi connectivity index (χ0) is 19.0. The average Bonchev–Trinajstić information content (AvgIpc) is 2.98. The first-order chi connectivity index (χ1) is 13.1. The molecule has 4 heterocycles. The van der Waals surface area contributed by atoms with Crippen molar-refractivity contribution in [3.63, 3.8) is 0 Å². The number of anilines is 1. The van der Waals surface area contributed by atoms with Crippen LogP contribution >= 0.6 is 0 Å². The van der Waals surface area contributed by atoms with Gasteiger partial charge in [-0.1, -0.05) is 6.07 Å².